The number of nitriles is 1. The van der Waals surface area contributed by atoms with E-state index in [4.69, 9.17) is 5.26 Å². The summed E-state index contributed by atoms with van der Waals surface area (Å²) in [5, 5.41) is 8.85. The normalized spacial score (nSPS) is 11.1. The molecule has 88 valence electrons. The van der Waals surface area contributed by atoms with E-state index in [9.17, 15) is 4.79 Å². The maximum absolute atomic E-state index is 11.3. The number of carbonyl (C=O) groups excluding carboxylic acids is 1. The fourth-order valence-electron chi connectivity index (χ4n) is 1.54. The molecule has 1 aromatic carbocycles. The Morgan fingerprint density at radius 3 is 2.71 bits per heavy atom. The van der Waals surface area contributed by atoms with E-state index in [1.54, 1.807) is 18.2 Å². The van der Waals surface area contributed by atoms with Gasteiger partial charge >= 0.3 is 5.97 Å². The van der Waals surface area contributed by atoms with Gasteiger partial charge in [-0.1, -0.05) is 26.0 Å². The predicted octanol–water partition coefficient (Wildman–Crippen LogP) is 2.77. The van der Waals surface area contributed by atoms with Gasteiger partial charge in [0.2, 0.25) is 0 Å². The summed E-state index contributed by atoms with van der Waals surface area (Å²) >= 11 is 0. The fraction of sp³-hybridized carbons (Fsp3) is 0.286. The summed E-state index contributed by atoms with van der Waals surface area (Å²) in [6.07, 6.45) is 1.47. The van der Waals surface area contributed by atoms with Crippen LogP contribution in [0.25, 0.3) is 5.57 Å². The van der Waals surface area contributed by atoms with Crippen LogP contribution in [0, 0.1) is 17.2 Å². The molecule has 0 heterocycles. The van der Waals surface area contributed by atoms with E-state index in [1.165, 1.54) is 13.2 Å². The molecule has 0 atom stereocenters. The molecule has 0 amide bonds. The summed E-state index contributed by atoms with van der Waals surface area (Å²) in [6, 6.07) is 9.28. The average Bonchev–Trinajstić information content (AvgIpc) is 2.35. The minimum absolute atomic E-state index is 0.183. The Kier molecular flexibility index (Phi) is 4.47. The molecule has 0 radical (unpaired) electrons. The number of allylic oxidation sites excluding steroid dienone is 1. The summed E-state index contributed by atoms with van der Waals surface area (Å²) < 4.78 is 4.63. The maximum Gasteiger partial charge on any atom is 0.330 e. The van der Waals surface area contributed by atoms with Crippen LogP contribution in [0.1, 0.15) is 25.0 Å². The van der Waals surface area contributed by atoms with Crippen molar-refractivity contribution in [1.29, 1.82) is 5.26 Å². The van der Waals surface area contributed by atoms with Crippen LogP contribution in [0.15, 0.2) is 30.3 Å². The van der Waals surface area contributed by atoms with Gasteiger partial charge in [-0.15, -0.1) is 0 Å². The smallest absolute Gasteiger partial charge is 0.330 e. The zero-order valence-corrected chi connectivity index (χ0v) is 10.2. The Hall–Kier alpha value is -2.08. The van der Waals surface area contributed by atoms with Crippen LogP contribution >= 0.6 is 0 Å². The average molecular weight is 229 g/mol. The molecule has 0 N–H and O–H groups in total. The number of carbonyl (C=O) groups is 1. The molecule has 0 fully saturated rings. The molecule has 0 spiro atoms. The van der Waals surface area contributed by atoms with E-state index < -0.39 is 0 Å². The Balaban J connectivity index is 3.19. The second kappa shape index (κ2) is 5.86. The first kappa shape index (κ1) is 13.0. The molecule has 3 heteroatoms. The lowest BCUT2D eigenvalue weighted by atomic mass is 9.94. The largest absolute Gasteiger partial charge is 0.466 e. The minimum atomic E-state index is -0.379. The summed E-state index contributed by atoms with van der Waals surface area (Å²) in [7, 11) is 1.35. The standard InChI is InChI=1S/C14H15NO2/c1-10(2)13(8-14(16)17-3)12-6-4-5-11(7-12)9-15/h4-8,10H,1-3H3. The van der Waals surface area contributed by atoms with E-state index in [1.807, 2.05) is 19.9 Å². The quantitative estimate of drug-likeness (QED) is 0.591. The van der Waals surface area contributed by atoms with E-state index >= 15 is 0 Å². The number of esters is 1. The van der Waals surface area contributed by atoms with Gasteiger partial charge < -0.3 is 4.74 Å². The fourth-order valence-corrected chi connectivity index (χ4v) is 1.54. The van der Waals surface area contributed by atoms with Gasteiger partial charge in [-0.3, -0.25) is 0 Å². The van der Waals surface area contributed by atoms with Crippen molar-refractivity contribution < 1.29 is 9.53 Å². The third kappa shape index (κ3) is 3.46. The number of ether oxygens (including phenoxy) is 1. The molecule has 0 aromatic heterocycles. The van der Waals surface area contributed by atoms with Crippen molar-refractivity contribution in [2.24, 2.45) is 5.92 Å². The van der Waals surface area contributed by atoms with Gasteiger partial charge in [-0.25, -0.2) is 4.79 Å². The lowest BCUT2D eigenvalue weighted by Gasteiger charge is -2.11. The topological polar surface area (TPSA) is 50.1 Å². The van der Waals surface area contributed by atoms with Crippen LogP contribution in [-0.2, 0) is 9.53 Å². The molecule has 0 bridgehead atoms. The van der Waals surface area contributed by atoms with E-state index in [0.717, 1.165) is 11.1 Å². The van der Waals surface area contributed by atoms with Crippen molar-refractivity contribution in [2.45, 2.75) is 13.8 Å². The van der Waals surface area contributed by atoms with Crippen LogP contribution in [-0.4, -0.2) is 13.1 Å². The molecule has 17 heavy (non-hydrogen) atoms. The van der Waals surface area contributed by atoms with Crippen molar-refractivity contribution in [3.63, 3.8) is 0 Å². The van der Waals surface area contributed by atoms with E-state index in [2.05, 4.69) is 10.8 Å². The van der Waals surface area contributed by atoms with Gasteiger partial charge in [0, 0.05) is 6.08 Å². The lowest BCUT2D eigenvalue weighted by Crippen LogP contribution is -2.01. The number of rotatable bonds is 3. The highest BCUT2D eigenvalue weighted by atomic mass is 16.5. The zero-order chi connectivity index (χ0) is 12.8. The Morgan fingerprint density at radius 2 is 2.18 bits per heavy atom. The van der Waals surface area contributed by atoms with Gasteiger partial charge in [0.1, 0.15) is 0 Å². The first-order valence-electron chi connectivity index (χ1n) is 5.38. The van der Waals surface area contributed by atoms with Crippen LogP contribution in [0.5, 0.6) is 0 Å². The summed E-state index contributed by atoms with van der Waals surface area (Å²) in [5.41, 5.74) is 2.33. The third-order valence-electron chi connectivity index (χ3n) is 2.42. The molecular weight excluding hydrogens is 214 g/mol. The second-order valence-electron chi connectivity index (χ2n) is 3.97. The monoisotopic (exact) mass is 229 g/mol. The minimum Gasteiger partial charge on any atom is -0.466 e. The lowest BCUT2D eigenvalue weighted by molar-refractivity contribution is -0.134. The van der Waals surface area contributed by atoms with Gasteiger partial charge in [0.15, 0.2) is 0 Å². The third-order valence-corrected chi connectivity index (χ3v) is 2.42. The van der Waals surface area contributed by atoms with Gasteiger partial charge in [0.25, 0.3) is 0 Å². The summed E-state index contributed by atoms with van der Waals surface area (Å²) in [4.78, 5) is 11.3. The SMILES string of the molecule is COC(=O)C=C(c1cccc(C#N)c1)C(C)C. The zero-order valence-electron chi connectivity index (χ0n) is 10.2. The first-order valence-corrected chi connectivity index (χ1v) is 5.38. The Bertz CT molecular complexity index is 481. The second-order valence-corrected chi connectivity index (χ2v) is 3.97. The van der Waals surface area contributed by atoms with Crippen LogP contribution < -0.4 is 0 Å². The molecule has 0 saturated carbocycles. The highest BCUT2D eigenvalue weighted by Crippen LogP contribution is 2.23. The highest BCUT2D eigenvalue weighted by Gasteiger charge is 2.09. The van der Waals surface area contributed by atoms with Crippen LogP contribution in [0.3, 0.4) is 0 Å². The number of methoxy groups -OCH3 is 1. The summed E-state index contributed by atoms with van der Waals surface area (Å²) in [5.74, 6) is -0.195. The van der Waals surface area contributed by atoms with E-state index in [-0.39, 0.29) is 11.9 Å². The number of benzene rings is 1. The van der Waals surface area contributed by atoms with Crippen molar-refractivity contribution >= 4 is 11.5 Å². The van der Waals surface area contributed by atoms with Crippen LogP contribution in [0.4, 0.5) is 0 Å². The Labute approximate surface area is 101 Å². The number of nitrogens with zero attached hydrogens (tertiary/aromatic N) is 1. The Morgan fingerprint density at radius 1 is 1.47 bits per heavy atom. The number of hydrogen-bond acceptors (Lipinski definition) is 3. The molecule has 0 aliphatic heterocycles. The highest BCUT2D eigenvalue weighted by molar-refractivity contribution is 5.91. The predicted molar refractivity (Wildman–Crippen MR) is 66.0 cm³/mol. The molecule has 1 aromatic rings. The van der Waals surface area contributed by atoms with Gasteiger partial charge in [0.05, 0.1) is 18.7 Å². The number of hydrogen-bond donors (Lipinski definition) is 0. The van der Waals surface area contributed by atoms with E-state index in [0.29, 0.717) is 5.56 Å². The summed E-state index contributed by atoms with van der Waals surface area (Å²) in [6.45, 7) is 3.99. The molecule has 0 unspecified atom stereocenters. The first-order chi connectivity index (χ1) is 8.08. The maximum atomic E-state index is 11.3. The molecule has 1 rings (SSSR count). The van der Waals surface area contributed by atoms with Gasteiger partial charge in [-0.05, 0) is 29.2 Å². The van der Waals surface area contributed by atoms with Crippen molar-refractivity contribution in [3.05, 3.63) is 41.5 Å². The molecular formula is C14H15NO2. The van der Waals surface area contributed by atoms with Crippen LogP contribution in [0.2, 0.25) is 0 Å². The van der Waals surface area contributed by atoms with Gasteiger partial charge in [-0.2, -0.15) is 5.26 Å². The van der Waals surface area contributed by atoms with Crippen molar-refractivity contribution in [3.8, 4) is 6.07 Å². The molecule has 0 saturated heterocycles. The molecule has 0 aliphatic carbocycles. The van der Waals surface area contributed by atoms with Crippen molar-refractivity contribution in [1.82, 2.24) is 0 Å². The van der Waals surface area contributed by atoms with Crippen molar-refractivity contribution in [2.75, 3.05) is 7.11 Å². The molecule has 3 nitrogen and oxygen atoms in total. The molecule has 0 aliphatic rings.